The summed E-state index contributed by atoms with van der Waals surface area (Å²) in [7, 11) is 0. The number of H-pyrrole nitrogens is 2. The lowest BCUT2D eigenvalue weighted by Crippen LogP contribution is -2.27. The lowest BCUT2D eigenvalue weighted by atomic mass is 10.2. The van der Waals surface area contributed by atoms with Crippen LogP contribution in [0.4, 0.5) is 11.4 Å². The second kappa shape index (κ2) is 9.14. The number of nitrogens with one attached hydrogen (secondary N) is 3. The van der Waals surface area contributed by atoms with Crippen molar-refractivity contribution in [1.29, 1.82) is 0 Å². The van der Waals surface area contributed by atoms with Gasteiger partial charge in [0.15, 0.2) is 0 Å². The summed E-state index contributed by atoms with van der Waals surface area (Å²) in [5, 5.41) is 3.98. The van der Waals surface area contributed by atoms with Crippen molar-refractivity contribution in [1.82, 2.24) is 9.97 Å². The lowest BCUT2D eigenvalue weighted by molar-refractivity contribution is 0.874. The highest BCUT2D eigenvalue weighted by Crippen LogP contribution is 2.15. The zero-order chi connectivity index (χ0) is 17.4. The van der Waals surface area contributed by atoms with Crippen molar-refractivity contribution in [3.63, 3.8) is 0 Å². The second-order valence-corrected chi connectivity index (χ2v) is 5.57. The monoisotopic (exact) mass is 369 g/mol. The summed E-state index contributed by atoms with van der Waals surface area (Å²) in [4.78, 5) is 29.0. The molecular formula is C15H17Cl2N5O2. The number of benzene rings is 1. The summed E-state index contributed by atoms with van der Waals surface area (Å²) < 4.78 is 0. The smallest absolute Gasteiger partial charge is 0.325 e. The number of aromatic nitrogens is 2. The normalized spacial score (nSPS) is 10.9. The van der Waals surface area contributed by atoms with E-state index in [0.717, 1.165) is 24.3 Å². The fraction of sp³-hybridized carbons (Fsp3) is 0.267. The summed E-state index contributed by atoms with van der Waals surface area (Å²) in [6.07, 6.45) is 2.83. The van der Waals surface area contributed by atoms with E-state index < -0.39 is 11.2 Å². The fourth-order valence-corrected chi connectivity index (χ4v) is 2.42. The summed E-state index contributed by atoms with van der Waals surface area (Å²) >= 11 is 11.6. The Hall–Kier alpha value is -2.25. The predicted octanol–water partition coefficient (Wildman–Crippen LogP) is 1.79. The van der Waals surface area contributed by atoms with Crippen LogP contribution in [0.2, 0.25) is 0 Å². The third-order valence-corrected chi connectivity index (χ3v) is 3.52. The molecule has 9 heteroatoms. The van der Waals surface area contributed by atoms with Crippen molar-refractivity contribution in [2.24, 2.45) is 5.10 Å². The first-order valence-electron chi connectivity index (χ1n) is 7.22. The van der Waals surface area contributed by atoms with Gasteiger partial charge in [-0.25, -0.2) is 4.79 Å². The molecule has 7 nitrogen and oxygen atoms in total. The van der Waals surface area contributed by atoms with Crippen LogP contribution in [0.25, 0.3) is 0 Å². The third kappa shape index (κ3) is 5.14. The van der Waals surface area contributed by atoms with Crippen molar-refractivity contribution in [2.75, 3.05) is 35.2 Å². The van der Waals surface area contributed by atoms with Crippen LogP contribution in [0.5, 0.6) is 0 Å². The number of nitrogens with zero attached hydrogens (tertiary/aromatic N) is 2. The molecule has 0 atom stereocenters. The van der Waals surface area contributed by atoms with Crippen molar-refractivity contribution in [3.8, 4) is 0 Å². The van der Waals surface area contributed by atoms with Gasteiger partial charge >= 0.3 is 5.69 Å². The maximum Gasteiger partial charge on any atom is 0.325 e. The number of hydrazone groups is 1. The van der Waals surface area contributed by atoms with Crippen LogP contribution < -0.4 is 21.6 Å². The van der Waals surface area contributed by atoms with Gasteiger partial charge < -0.3 is 9.88 Å². The maximum absolute atomic E-state index is 11.5. The maximum atomic E-state index is 11.5. The van der Waals surface area contributed by atoms with Gasteiger partial charge in [0.2, 0.25) is 0 Å². The summed E-state index contributed by atoms with van der Waals surface area (Å²) in [5.74, 6) is 1.05. The van der Waals surface area contributed by atoms with E-state index in [1.807, 2.05) is 24.3 Å². The number of hydrogen-bond acceptors (Lipinski definition) is 5. The summed E-state index contributed by atoms with van der Waals surface area (Å²) in [5.41, 5.74) is 3.50. The highest BCUT2D eigenvalue weighted by atomic mass is 35.5. The van der Waals surface area contributed by atoms with E-state index in [1.54, 1.807) is 6.21 Å². The molecule has 0 bridgehead atoms. The molecule has 2 rings (SSSR count). The molecule has 24 heavy (non-hydrogen) atoms. The number of hydrogen-bond donors (Lipinski definition) is 3. The van der Waals surface area contributed by atoms with Gasteiger partial charge in [0.05, 0.1) is 6.21 Å². The molecule has 0 saturated carbocycles. The highest BCUT2D eigenvalue weighted by molar-refractivity contribution is 6.18. The van der Waals surface area contributed by atoms with Gasteiger partial charge in [-0.15, -0.1) is 23.2 Å². The third-order valence-electron chi connectivity index (χ3n) is 3.19. The van der Waals surface area contributed by atoms with E-state index in [-0.39, 0.29) is 5.69 Å². The number of halogens is 2. The molecule has 0 unspecified atom stereocenters. The Balaban J connectivity index is 2.02. The first kappa shape index (κ1) is 18.1. The molecule has 0 spiro atoms. The number of aromatic amines is 2. The van der Waals surface area contributed by atoms with E-state index in [0.29, 0.717) is 11.8 Å². The Kier molecular flexibility index (Phi) is 6.89. The van der Waals surface area contributed by atoms with Crippen LogP contribution in [-0.4, -0.2) is 41.0 Å². The molecule has 1 aromatic heterocycles. The molecular weight excluding hydrogens is 353 g/mol. The van der Waals surface area contributed by atoms with E-state index in [1.165, 1.54) is 6.20 Å². The summed E-state index contributed by atoms with van der Waals surface area (Å²) in [6.45, 7) is 1.44. The van der Waals surface area contributed by atoms with Gasteiger partial charge in [-0.05, 0) is 17.7 Å². The number of alkyl halides is 2. The highest BCUT2D eigenvalue weighted by Gasteiger charge is 2.04. The van der Waals surface area contributed by atoms with Crippen molar-refractivity contribution in [3.05, 3.63) is 56.9 Å². The van der Waals surface area contributed by atoms with Crippen LogP contribution in [0.1, 0.15) is 5.56 Å². The van der Waals surface area contributed by atoms with E-state index in [2.05, 4.69) is 25.4 Å². The van der Waals surface area contributed by atoms with E-state index in [4.69, 9.17) is 23.2 Å². The van der Waals surface area contributed by atoms with Crippen LogP contribution >= 0.6 is 23.2 Å². The molecule has 0 aliphatic rings. The van der Waals surface area contributed by atoms with Crippen molar-refractivity contribution >= 4 is 40.8 Å². The van der Waals surface area contributed by atoms with Gasteiger partial charge in [-0.3, -0.25) is 15.2 Å². The SMILES string of the molecule is O=c1[nH]cc(N/N=C/c2ccc(N(CCCl)CCCl)cc2)c(=O)[nH]1. The van der Waals surface area contributed by atoms with Gasteiger partial charge in [0.25, 0.3) is 5.56 Å². The minimum atomic E-state index is -0.566. The minimum absolute atomic E-state index is 0.151. The first-order chi connectivity index (χ1) is 11.6. The molecule has 3 N–H and O–H groups in total. The largest absolute Gasteiger partial charge is 0.369 e. The van der Waals surface area contributed by atoms with Crippen LogP contribution in [0.3, 0.4) is 0 Å². The minimum Gasteiger partial charge on any atom is -0.369 e. The molecule has 0 aliphatic heterocycles. The number of anilines is 2. The molecule has 1 heterocycles. The van der Waals surface area contributed by atoms with Gasteiger partial charge in [-0.2, -0.15) is 5.10 Å². The average Bonchev–Trinajstić information content (AvgIpc) is 2.57. The molecule has 0 fully saturated rings. The van der Waals surface area contributed by atoms with Crippen LogP contribution in [0.15, 0.2) is 45.2 Å². The second-order valence-electron chi connectivity index (χ2n) is 4.81. The van der Waals surface area contributed by atoms with Crippen molar-refractivity contribution < 1.29 is 0 Å². The average molecular weight is 370 g/mol. The predicted molar refractivity (Wildman–Crippen MR) is 99.0 cm³/mol. The molecule has 128 valence electrons. The van der Waals surface area contributed by atoms with Gasteiger partial charge in [0.1, 0.15) is 5.69 Å². The van der Waals surface area contributed by atoms with E-state index in [9.17, 15) is 9.59 Å². The molecule has 0 radical (unpaired) electrons. The first-order valence-corrected chi connectivity index (χ1v) is 8.29. The summed E-state index contributed by atoms with van der Waals surface area (Å²) in [6, 6.07) is 7.70. The quantitative estimate of drug-likeness (QED) is 0.375. The molecule has 2 aromatic rings. The molecule has 1 aromatic carbocycles. The zero-order valence-electron chi connectivity index (χ0n) is 12.8. The Morgan fingerprint density at radius 1 is 1.12 bits per heavy atom. The topological polar surface area (TPSA) is 93.3 Å². The molecule has 0 aliphatic carbocycles. The lowest BCUT2D eigenvalue weighted by Gasteiger charge is -2.22. The van der Waals surface area contributed by atoms with Gasteiger partial charge in [-0.1, -0.05) is 12.1 Å². The Morgan fingerprint density at radius 3 is 2.38 bits per heavy atom. The Bertz CT molecular complexity index is 779. The van der Waals surface area contributed by atoms with Crippen LogP contribution in [0, 0.1) is 0 Å². The Labute approximate surface area is 148 Å². The standard InChI is InChI=1S/C15H17Cl2N5O2/c16-5-7-22(8-6-17)12-3-1-11(2-4-12)9-19-21-13-10-18-15(24)20-14(13)23/h1-4,9-10,21H,5-8H2,(H2,18,20,23,24)/b19-9+. The number of rotatable bonds is 8. The van der Waals surface area contributed by atoms with Crippen LogP contribution in [-0.2, 0) is 0 Å². The van der Waals surface area contributed by atoms with Gasteiger partial charge in [0, 0.05) is 36.7 Å². The fourth-order valence-electron chi connectivity index (χ4n) is 2.01. The van der Waals surface area contributed by atoms with Crippen molar-refractivity contribution in [2.45, 2.75) is 0 Å². The molecule has 0 amide bonds. The van der Waals surface area contributed by atoms with E-state index >= 15 is 0 Å². The Morgan fingerprint density at radius 2 is 1.79 bits per heavy atom. The zero-order valence-corrected chi connectivity index (χ0v) is 14.3. The molecule has 0 saturated heterocycles.